The molecule has 34 heavy (non-hydrogen) atoms. The molecule has 1 fully saturated rings. The van der Waals surface area contributed by atoms with Gasteiger partial charge in [0.15, 0.2) is 5.82 Å². The van der Waals surface area contributed by atoms with Gasteiger partial charge in [-0.3, -0.25) is 9.78 Å². The average Bonchev–Trinajstić information content (AvgIpc) is 2.77. The molecule has 6 nitrogen and oxygen atoms in total. The molecule has 2 unspecified atom stereocenters. The van der Waals surface area contributed by atoms with Gasteiger partial charge in [-0.25, -0.2) is 22.0 Å². The summed E-state index contributed by atoms with van der Waals surface area (Å²) in [5.74, 6) is -2.37. The number of piperazine rings is 1. The zero-order chi connectivity index (χ0) is 25.0. The number of amides is 1. The van der Waals surface area contributed by atoms with Crippen LogP contribution in [0.5, 0.6) is 0 Å². The number of pyridine rings is 1. The minimum Gasteiger partial charge on any atom is -0.397 e. The fourth-order valence-electron chi connectivity index (χ4n) is 3.79. The molecular weight excluding hydrogens is 476 g/mol. The van der Waals surface area contributed by atoms with Gasteiger partial charge in [0.25, 0.3) is 6.43 Å². The van der Waals surface area contributed by atoms with Crippen molar-refractivity contribution in [2.24, 2.45) is 11.5 Å². The molecule has 0 radical (unpaired) electrons. The van der Waals surface area contributed by atoms with Crippen LogP contribution < -0.4 is 16.8 Å². The molecule has 12 heteroatoms. The number of alkyl halides is 2. The van der Waals surface area contributed by atoms with Crippen LogP contribution in [0.25, 0.3) is 5.70 Å². The van der Waals surface area contributed by atoms with Crippen molar-refractivity contribution in [3.05, 3.63) is 64.9 Å². The van der Waals surface area contributed by atoms with E-state index >= 15 is 0 Å². The summed E-state index contributed by atoms with van der Waals surface area (Å²) < 4.78 is 68.3. The van der Waals surface area contributed by atoms with Crippen molar-refractivity contribution in [3.8, 4) is 0 Å². The maximum atomic E-state index is 14.2. The monoisotopic (exact) mass is 501 g/mol. The summed E-state index contributed by atoms with van der Waals surface area (Å²) >= 11 is 0. The van der Waals surface area contributed by atoms with Crippen LogP contribution in [0.3, 0.4) is 0 Å². The lowest BCUT2D eigenvalue weighted by atomic mass is 10.0. The van der Waals surface area contributed by atoms with Crippen LogP contribution in [0.1, 0.15) is 17.5 Å². The lowest BCUT2D eigenvalue weighted by Gasteiger charge is -2.39. The van der Waals surface area contributed by atoms with E-state index < -0.39 is 42.4 Å². The van der Waals surface area contributed by atoms with Gasteiger partial charge < -0.3 is 21.3 Å². The minimum atomic E-state index is -2.66. The summed E-state index contributed by atoms with van der Waals surface area (Å²) in [7, 11) is 2.09. The number of halogens is 5. The second kappa shape index (κ2) is 11.1. The van der Waals surface area contributed by atoms with Crippen LogP contribution in [-0.2, 0) is 11.2 Å². The second-order valence-corrected chi connectivity index (χ2v) is 8.62. The molecule has 0 aliphatic carbocycles. The molecule has 2 atom stereocenters. The van der Waals surface area contributed by atoms with Gasteiger partial charge in [0.2, 0.25) is 5.91 Å². The predicted molar refractivity (Wildman–Crippen MR) is 121 cm³/mol. The van der Waals surface area contributed by atoms with E-state index in [0.717, 1.165) is 18.3 Å². The quantitative estimate of drug-likeness (QED) is 0.448. The van der Waals surface area contributed by atoms with Crippen molar-refractivity contribution in [1.29, 1.82) is 0 Å². The normalized spacial score (nSPS) is 16.7. The van der Waals surface area contributed by atoms with Crippen molar-refractivity contribution in [1.82, 2.24) is 14.8 Å². The van der Waals surface area contributed by atoms with E-state index in [0.29, 0.717) is 0 Å². The van der Waals surface area contributed by atoms with Gasteiger partial charge in [-0.2, -0.15) is 0 Å². The third-order valence-corrected chi connectivity index (χ3v) is 5.97. The van der Waals surface area contributed by atoms with Gasteiger partial charge >= 0.3 is 0 Å². The van der Waals surface area contributed by atoms with E-state index in [1.807, 2.05) is 0 Å². The van der Waals surface area contributed by atoms with Gasteiger partial charge in [-0.1, -0.05) is 0 Å². The van der Waals surface area contributed by atoms with Gasteiger partial charge in [0, 0.05) is 42.6 Å². The van der Waals surface area contributed by atoms with E-state index in [4.69, 9.17) is 11.5 Å². The third-order valence-electron chi connectivity index (χ3n) is 5.53. The lowest BCUT2D eigenvalue weighted by Crippen LogP contribution is -2.50. The molecule has 4 N–H and O–H groups in total. The number of aromatic nitrogens is 1. The van der Waals surface area contributed by atoms with Gasteiger partial charge in [-0.05, 0) is 30.2 Å². The zero-order valence-electron chi connectivity index (χ0n) is 18.2. The average molecular weight is 501 g/mol. The number of benzene rings is 1. The first-order chi connectivity index (χ1) is 16.1. The molecule has 2 heterocycles. The number of rotatable bonds is 7. The van der Waals surface area contributed by atoms with E-state index in [2.05, 4.69) is 14.2 Å². The highest BCUT2D eigenvalue weighted by molar-refractivity contribution is 7.27. The second-order valence-electron chi connectivity index (χ2n) is 8.00. The first-order valence-corrected chi connectivity index (χ1v) is 11.0. The first-order valence-electron chi connectivity index (χ1n) is 10.4. The van der Waals surface area contributed by atoms with Crippen LogP contribution in [0.2, 0.25) is 0 Å². The summed E-state index contributed by atoms with van der Waals surface area (Å²) in [6, 6.07) is 2.58. The predicted octanol–water partition coefficient (Wildman–Crippen LogP) is 2.00. The number of hydrogen-bond donors (Lipinski definition) is 2. The summed E-state index contributed by atoms with van der Waals surface area (Å²) in [5, 5.41) is 0.0788. The molecule has 3 rings (SSSR count). The molecule has 1 saturated heterocycles. The highest BCUT2D eigenvalue weighted by Crippen LogP contribution is 2.24. The number of carbonyl (C=O) groups is 1. The molecular formula is C22H25F5N5OP. The van der Waals surface area contributed by atoms with Crippen LogP contribution in [0.4, 0.5) is 22.0 Å². The van der Waals surface area contributed by atoms with Gasteiger partial charge in [0.1, 0.15) is 11.6 Å². The van der Waals surface area contributed by atoms with Crippen molar-refractivity contribution in [2.45, 2.75) is 25.3 Å². The van der Waals surface area contributed by atoms with Crippen molar-refractivity contribution < 1.29 is 26.7 Å². The van der Waals surface area contributed by atoms with Crippen LogP contribution in [0, 0.1) is 17.5 Å². The molecule has 1 aliphatic heterocycles. The maximum absolute atomic E-state index is 14.2. The van der Waals surface area contributed by atoms with Crippen molar-refractivity contribution in [2.75, 3.05) is 26.2 Å². The molecule has 0 saturated carbocycles. The first kappa shape index (κ1) is 25.8. The van der Waals surface area contributed by atoms with Gasteiger partial charge in [0.05, 0.1) is 30.7 Å². The topological polar surface area (TPSA) is 88.5 Å². The standard InChI is InChI=1S/C22H25F5N5OP/c23-15-8-19(34)16(24)6-12(15)5-13(28)7-21(33)32-4-3-31(11-20(26)27)18(10-32)22(29)14-1-2-30-9-17(14)25/h1-2,6,8-9,13,20H,3-5,7,10-11,28-29,34H2/b22-18-. The molecule has 1 aromatic carbocycles. The number of nitrogens with zero attached hydrogens (tertiary/aromatic N) is 3. The number of hydrogen-bond acceptors (Lipinski definition) is 5. The van der Waals surface area contributed by atoms with Crippen LogP contribution in [-0.4, -0.2) is 59.3 Å². The summed E-state index contributed by atoms with van der Waals surface area (Å²) in [6.45, 7) is -0.570. The minimum absolute atomic E-state index is 0.00898. The Morgan fingerprint density at radius 3 is 2.56 bits per heavy atom. The SMILES string of the molecule is N/C(=C1/CN(C(=O)CC(N)Cc2cc(F)c(P)cc2F)CCN1CC(F)F)c1ccncc1F. The Kier molecular flexibility index (Phi) is 8.43. The van der Waals surface area contributed by atoms with Crippen molar-refractivity contribution in [3.63, 3.8) is 0 Å². The van der Waals surface area contributed by atoms with E-state index in [1.165, 1.54) is 22.1 Å². The van der Waals surface area contributed by atoms with E-state index in [9.17, 15) is 26.7 Å². The molecule has 1 aliphatic rings. The molecule has 1 aromatic heterocycles. The fraction of sp³-hybridized carbons (Fsp3) is 0.364. The van der Waals surface area contributed by atoms with E-state index in [-0.39, 0.29) is 60.3 Å². The Hall–Kier alpha value is -2.78. The zero-order valence-corrected chi connectivity index (χ0v) is 19.3. The summed E-state index contributed by atoms with van der Waals surface area (Å²) in [6.07, 6.45) is -0.645. The summed E-state index contributed by atoms with van der Waals surface area (Å²) in [4.78, 5) is 19.2. The Morgan fingerprint density at radius 2 is 1.88 bits per heavy atom. The molecule has 1 amide bonds. The maximum Gasteiger partial charge on any atom is 0.255 e. The molecule has 184 valence electrons. The largest absolute Gasteiger partial charge is 0.397 e. The Labute approximate surface area is 196 Å². The Morgan fingerprint density at radius 1 is 1.15 bits per heavy atom. The van der Waals surface area contributed by atoms with Crippen molar-refractivity contribution >= 4 is 26.1 Å². The number of carbonyl (C=O) groups excluding carboxylic acids is 1. The van der Waals surface area contributed by atoms with E-state index in [1.54, 1.807) is 0 Å². The fourth-order valence-corrected chi connectivity index (χ4v) is 4.02. The molecule has 0 spiro atoms. The highest BCUT2D eigenvalue weighted by Gasteiger charge is 2.29. The van der Waals surface area contributed by atoms with Crippen LogP contribution in [0.15, 0.2) is 36.3 Å². The van der Waals surface area contributed by atoms with Gasteiger partial charge in [-0.15, -0.1) is 9.24 Å². The molecule has 0 bridgehead atoms. The Balaban J connectivity index is 1.76. The Bertz CT molecular complexity index is 1080. The number of nitrogens with two attached hydrogens (primary N) is 2. The molecule has 2 aromatic rings. The third kappa shape index (κ3) is 6.21. The summed E-state index contributed by atoms with van der Waals surface area (Å²) in [5.41, 5.74) is 12.3. The lowest BCUT2D eigenvalue weighted by molar-refractivity contribution is -0.132. The highest BCUT2D eigenvalue weighted by atomic mass is 31.0. The smallest absolute Gasteiger partial charge is 0.255 e. The van der Waals surface area contributed by atoms with Crippen LogP contribution >= 0.6 is 9.24 Å².